The number of hydrogen-bond acceptors (Lipinski definition) is 6. The zero-order chi connectivity index (χ0) is 19.3. The van der Waals surface area contributed by atoms with Crippen LogP contribution in [0.1, 0.15) is 6.42 Å². The Labute approximate surface area is 155 Å². The molecule has 1 saturated heterocycles. The minimum absolute atomic E-state index is 0.0507. The summed E-state index contributed by atoms with van der Waals surface area (Å²) in [4.78, 5) is 16.0. The van der Waals surface area contributed by atoms with Gasteiger partial charge in [-0.25, -0.2) is 8.42 Å². The largest absolute Gasteiger partial charge is 0.497 e. The van der Waals surface area contributed by atoms with E-state index in [-0.39, 0.29) is 29.6 Å². The molecule has 0 unspecified atom stereocenters. The van der Waals surface area contributed by atoms with Gasteiger partial charge in [0, 0.05) is 45.2 Å². The third-order valence-corrected chi connectivity index (χ3v) is 6.27. The van der Waals surface area contributed by atoms with Crippen LogP contribution in [-0.4, -0.2) is 89.5 Å². The first-order valence-corrected chi connectivity index (χ1v) is 9.88. The summed E-state index contributed by atoms with van der Waals surface area (Å²) in [5.74, 6) is 0.770. The molecule has 0 aromatic heterocycles. The highest BCUT2D eigenvalue weighted by atomic mass is 32.2. The van der Waals surface area contributed by atoms with E-state index < -0.39 is 10.0 Å². The molecule has 1 aromatic rings. The average molecular weight is 385 g/mol. The van der Waals surface area contributed by atoms with Crippen LogP contribution in [0.15, 0.2) is 23.1 Å². The maximum atomic E-state index is 13.0. The van der Waals surface area contributed by atoms with E-state index in [0.29, 0.717) is 31.8 Å². The molecular weight excluding hydrogens is 358 g/mol. The van der Waals surface area contributed by atoms with Gasteiger partial charge in [-0.1, -0.05) is 0 Å². The zero-order valence-electron chi connectivity index (χ0n) is 15.8. The van der Waals surface area contributed by atoms with Crippen molar-refractivity contribution >= 4 is 15.9 Å². The highest BCUT2D eigenvalue weighted by Gasteiger charge is 2.32. The lowest BCUT2D eigenvalue weighted by atomic mass is 10.3. The lowest BCUT2D eigenvalue weighted by Gasteiger charge is -2.34. The van der Waals surface area contributed by atoms with Gasteiger partial charge in [0.05, 0.1) is 14.2 Å². The summed E-state index contributed by atoms with van der Waals surface area (Å²) in [7, 11) is 3.02. The summed E-state index contributed by atoms with van der Waals surface area (Å²) < 4.78 is 37.7. The van der Waals surface area contributed by atoms with E-state index in [2.05, 4.69) is 0 Å². The monoisotopic (exact) mass is 385 g/mol. The van der Waals surface area contributed by atoms with E-state index in [0.717, 1.165) is 0 Å². The Bertz CT molecular complexity index is 728. The number of benzene rings is 1. The lowest BCUT2D eigenvalue weighted by molar-refractivity contribution is -0.132. The molecule has 26 heavy (non-hydrogen) atoms. The summed E-state index contributed by atoms with van der Waals surface area (Å²) in [5.41, 5.74) is 0. The molecule has 1 amide bonds. The third-order valence-electron chi connectivity index (χ3n) is 4.35. The van der Waals surface area contributed by atoms with Gasteiger partial charge >= 0.3 is 0 Å². The molecule has 9 heteroatoms. The van der Waals surface area contributed by atoms with Crippen molar-refractivity contribution < 1.29 is 22.7 Å². The normalized spacial score (nSPS) is 16.0. The average Bonchev–Trinajstić information content (AvgIpc) is 2.65. The van der Waals surface area contributed by atoms with Crippen LogP contribution in [0, 0.1) is 0 Å². The van der Waals surface area contributed by atoms with Crippen molar-refractivity contribution in [2.24, 2.45) is 0 Å². The number of hydrogen-bond donors (Lipinski definition) is 0. The summed E-state index contributed by atoms with van der Waals surface area (Å²) in [6, 6.07) is 4.69. The Morgan fingerprint density at radius 1 is 1.12 bits per heavy atom. The Morgan fingerprint density at radius 2 is 1.77 bits per heavy atom. The molecule has 8 nitrogen and oxygen atoms in total. The number of methoxy groups -OCH3 is 2. The van der Waals surface area contributed by atoms with Crippen LogP contribution in [0.3, 0.4) is 0 Å². The minimum Gasteiger partial charge on any atom is -0.497 e. The summed E-state index contributed by atoms with van der Waals surface area (Å²) in [6.07, 6.45) is 0.434. The van der Waals surface area contributed by atoms with Crippen molar-refractivity contribution in [1.29, 1.82) is 0 Å². The number of carbonyl (C=O) groups is 1. The van der Waals surface area contributed by atoms with Gasteiger partial charge in [-0.15, -0.1) is 0 Å². The molecule has 1 aromatic carbocycles. The minimum atomic E-state index is -3.73. The SMILES string of the molecule is COc1ccc(OC)c(S(=O)(=O)N2CCN(C(=O)CCN(C)C)CC2)c1. The van der Waals surface area contributed by atoms with Crippen LogP contribution in [0.5, 0.6) is 11.5 Å². The topological polar surface area (TPSA) is 79.4 Å². The maximum Gasteiger partial charge on any atom is 0.247 e. The van der Waals surface area contributed by atoms with E-state index in [9.17, 15) is 13.2 Å². The van der Waals surface area contributed by atoms with Gasteiger partial charge in [-0.3, -0.25) is 4.79 Å². The molecule has 0 N–H and O–H groups in total. The Kier molecular flexibility index (Phi) is 6.85. The Morgan fingerprint density at radius 3 is 2.31 bits per heavy atom. The number of piperazine rings is 1. The number of sulfonamides is 1. The maximum absolute atomic E-state index is 13.0. The van der Waals surface area contributed by atoms with Gasteiger partial charge in [-0.05, 0) is 26.2 Å². The molecule has 0 saturated carbocycles. The highest BCUT2D eigenvalue weighted by Crippen LogP contribution is 2.31. The third kappa shape index (κ3) is 4.66. The fourth-order valence-electron chi connectivity index (χ4n) is 2.78. The van der Waals surface area contributed by atoms with Crippen molar-refractivity contribution in [2.45, 2.75) is 11.3 Å². The van der Waals surface area contributed by atoms with E-state index in [1.807, 2.05) is 19.0 Å². The number of rotatable bonds is 7. The molecule has 2 rings (SSSR count). The van der Waals surface area contributed by atoms with Gasteiger partial charge in [0.1, 0.15) is 16.4 Å². The summed E-state index contributed by atoms with van der Waals surface area (Å²) in [6.45, 7) is 1.97. The quantitative estimate of drug-likeness (QED) is 0.680. The van der Waals surface area contributed by atoms with Gasteiger partial charge in [-0.2, -0.15) is 4.31 Å². The molecule has 1 aliphatic heterocycles. The fourth-order valence-corrected chi connectivity index (χ4v) is 4.37. The van der Waals surface area contributed by atoms with E-state index >= 15 is 0 Å². The first-order chi connectivity index (χ1) is 12.3. The Hall–Kier alpha value is -1.84. The summed E-state index contributed by atoms with van der Waals surface area (Å²) in [5, 5.41) is 0. The molecule has 1 heterocycles. The zero-order valence-corrected chi connectivity index (χ0v) is 16.6. The van der Waals surface area contributed by atoms with Crippen molar-refractivity contribution in [1.82, 2.24) is 14.1 Å². The van der Waals surface area contributed by atoms with E-state index in [4.69, 9.17) is 9.47 Å². The molecule has 0 atom stereocenters. The van der Waals surface area contributed by atoms with Crippen molar-refractivity contribution in [3.8, 4) is 11.5 Å². The van der Waals surface area contributed by atoms with E-state index in [1.165, 1.54) is 24.6 Å². The first kappa shape index (κ1) is 20.5. The van der Waals surface area contributed by atoms with Gasteiger partial charge < -0.3 is 19.3 Å². The van der Waals surface area contributed by atoms with Gasteiger partial charge in [0.2, 0.25) is 15.9 Å². The molecule has 146 valence electrons. The van der Waals surface area contributed by atoms with Gasteiger partial charge in [0.15, 0.2) is 0 Å². The van der Waals surface area contributed by atoms with E-state index in [1.54, 1.807) is 17.0 Å². The highest BCUT2D eigenvalue weighted by molar-refractivity contribution is 7.89. The van der Waals surface area contributed by atoms with Crippen LogP contribution in [-0.2, 0) is 14.8 Å². The van der Waals surface area contributed by atoms with Crippen LogP contribution in [0.25, 0.3) is 0 Å². The number of ether oxygens (including phenoxy) is 2. The molecule has 0 aliphatic carbocycles. The second kappa shape index (κ2) is 8.70. The number of nitrogens with zero attached hydrogens (tertiary/aromatic N) is 3. The second-order valence-electron chi connectivity index (χ2n) is 6.35. The lowest BCUT2D eigenvalue weighted by Crippen LogP contribution is -2.50. The summed E-state index contributed by atoms with van der Waals surface area (Å²) >= 11 is 0. The molecule has 1 fully saturated rings. The molecule has 0 bridgehead atoms. The van der Waals surface area contributed by atoms with Crippen LogP contribution >= 0.6 is 0 Å². The van der Waals surface area contributed by atoms with Crippen molar-refractivity contribution in [2.75, 3.05) is 61.0 Å². The second-order valence-corrected chi connectivity index (χ2v) is 8.26. The van der Waals surface area contributed by atoms with Crippen LogP contribution in [0.2, 0.25) is 0 Å². The van der Waals surface area contributed by atoms with Gasteiger partial charge in [0.25, 0.3) is 0 Å². The van der Waals surface area contributed by atoms with Crippen LogP contribution in [0.4, 0.5) is 0 Å². The predicted octanol–water partition coefficient (Wildman–Crippen LogP) is 0.488. The smallest absolute Gasteiger partial charge is 0.247 e. The molecule has 1 aliphatic rings. The standard InChI is InChI=1S/C17H27N3O5S/c1-18(2)8-7-17(21)19-9-11-20(12-10-19)26(22,23)16-13-14(24-3)5-6-15(16)25-4/h5-6,13H,7-12H2,1-4H3. The predicted molar refractivity (Wildman–Crippen MR) is 98.1 cm³/mol. The molecule has 0 radical (unpaired) electrons. The fraction of sp³-hybridized carbons (Fsp3) is 0.588. The first-order valence-electron chi connectivity index (χ1n) is 8.44. The number of amides is 1. The van der Waals surface area contributed by atoms with Crippen molar-refractivity contribution in [3.05, 3.63) is 18.2 Å². The molecule has 0 spiro atoms. The number of carbonyl (C=O) groups excluding carboxylic acids is 1. The molecular formula is C17H27N3O5S. The van der Waals surface area contributed by atoms with Crippen LogP contribution < -0.4 is 9.47 Å². The Balaban J connectivity index is 2.10. The van der Waals surface area contributed by atoms with Crippen molar-refractivity contribution in [3.63, 3.8) is 0 Å².